The average Bonchev–Trinajstić information content (AvgIpc) is 2.32. The lowest BCUT2D eigenvalue weighted by Gasteiger charge is -2.10. The van der Waals surface area contributed by atoms with E-state index in [9.17, 15) is 4.39 Å². The van der Waals surface area contributed by atoms with Crippen LogP contribution in [0.1, 0.15) is 11.1 Å². The van der Waals surface area contributed by atoms with Crippen molar-refractivity contribution < 1.29 is 4.39 Å². The Labute approximate surface area is 124 Å². The third-order valence-corrected chi connectivity index (χ3v) is 3.42. The van der Waals surface area contributed by atoms with Crippen LogP contribution in [0.2, 0.25) is 0 Å². The predicted octanol–water partition coefficient (Wildman–Crippen LogP) is 4.27. The number of thiocarbonyl (C=S) groups is 1. The number of rotatable bonds is 3. The van der Waals surface area contributed by atoms with Gasteiger partial charge >= 0.3 is 0 Å². The van der Waals surface area contributed by atoms with Crippen molar-refractivity contribution in [3.8, 4) is 0 Å². The molecule has 0 aliphatic heterocycles. The molecule has 19 heavy (non-hydrogen) atoms. The third kappa shape index (κ3) is 3.30. The molecule has 0 amide bonds. The molecule has 0 bridgehead atoms. The van der Waals surface area contributed by atoms with E-state index in [2.05, 4.69) is 21.2 Å². The monoisotopic (exact) mass is 338 g/mol. The lowest BCUT2D eigenvalue weighted by atomic mass is 10.1. The van der Waals surface area contributed by atoms with Gasteiger partial charge in [0.1, 0.15) is 10.8 Å². The molecular weight excluding hydrogens is 327 g/mol. The van der Waals surface area contributed by atoms with E-state index in [-0.39, 0.29) is 5.82 Å². The average molecular weight is 339 g/mol. The Hall–Kier alpha value is -1.46. The van der Waals surface area contributed by atoms with Crippen LogP contribution in [0.5, 0.6) is 0 Å². The van der Waals surface area contributed by atoms with Gasteiger partial charge < -0.3 is 11.1 Å². The minimum absolute atomic E-state index is 0.314. The summed E-state index contributed by atoms with van der Waals surface area (Å²) in [4.78, 5) is 0.360. The first-order valence-electron chi connectivity index (χ1n) is 5.60. The number of nitrogens with one attached hydrogen (secondary N) is 1. The fourth-order valence-electron chi connectivity index (χ4n) is 1.76. The zero-order chi connectivity index (χ0) is 14.0. The molecule has 98 valence electrons. The van der Waals surface area contributed by atoms with Gasteiger partial charge in [-0.3, -0.25) is 0 Å². The highest BCUT2D eigenvalue weighted by Gasteiger charge is 2.06. The van der Waals surface area contributed by atoms with Crippen molar-refractivity contribution >= 4 is 44.5 Å². The summed E-state index contributed by atoms with van der Waals surface area (Å²) in [6.45, 7) is 1.91. The van der Waals surface area contributed by atoms with Crippen molar-refractivity contribution in [2.45, 2.75) is 6.92 Å². The minimum atomic E-state index is -0.314. The molecule has 0 aromatic heterocycles. The lowest BCUT2D eigenvalue weighted by molar-refractivity contribution is 0.631. The predicted molar refractivity (Wildman–Crippen MR) is 84.4 cm³/mol. The maximum atomic E-state index is 13.7. The van der Waals surface area contributed by atoms with E-state index in [4.69, 9.17) is 18.0 Å². The molecule has 0 spiro atoms. The lowest BCUT2D eigenvalue weighted by Crippen LogP contribution is -2.11. The van der Waals surface area contributed by atoms with Crippen LogP contribution < -0.4 is 11.1 Å². The summed E-state index contributed by atoms with van der Waals surface area (Å²) in [5.41, 5.74) is 8.60. The summed E-state index contributed by atoms with van der Waals surface area (Å²) in [5.74, 6) is -0.314. The molecule has 2 rings (SSSR count). The van der Waals surface area contributed by atoms with Gasteiger partial charge in [0.25, 0.3) is 0 Å². The Bertz CT molecular complexity index is 643. The van der Waals surface area contributed by atoms with Crippen LogP contribution in [0, 0.1) is 12.7 Å². The Balaban J connectivity index is 2.29. The second kappa shape index (κ2) is 5.67. The molecular formula is C14H12BrFN2S. The highest BCUT2D eigenvalue weighted by Crippen LogP contribution is 2.24. The Kier molecular flexibility index (Phi) is 4.17. The molecule has 0 unspecified atom stereocenters. The van der Waals surface area contributed by atoms with Crippen LogP contribution in [-0.2, 0) is 0 Å². The third-order valence-electron chi connectivity index (χ3n) is 2.70. The number of aryl methyl sites for hydroxylation is 1. The SMILES string of the molecule is Cc1cc(Nc2ccc(Br)cc2F)ccc1C(N)=S. The van der Waals surface area contributed by atoms with Crippen LogP contribution in [0.4, 0.5) is 15.8 Å². The van der Waals surface area contributed by atoms with Crippen molar-refractivity contribution in [3.05, 3.63) is 57.8 Å². The number of halogens is 2. The van der Waals surface area contributed by atoms with Gasteiger partial charge in [0, 0.05) is 15.7 Å². The Morgan fingerprint density at radius 2 is 2.00 bits per heavy atom. The number of anilines is 2. The number of hydrogen-bond acceptors (Lipinski definition) is 2. The van der Waals surface area contributed by atoms with E-state index in [1.54, 1.807) is 12.1 Å². The molecule has 2 aromatic rings. The van der Waals surface area contributed by atoms with E-state index in [1.165, 1.54) is 6.07 Å². The van der Waals surface area contributed by atoms with Gasteiger partial charge in [0.15, 0.2) is 0 Å². The van der Waals surface area contributed by atoms with E-state index in [0.717, 1.165) is 16.8 Å². The van der Waals surface area contributed by atoms with Crippen LogP contribution in [-0.4, -0.2) is 4.99 Å². The largest absolute Gasteiger partial charge is 0.389 e. The zero-order valence-corrected chi connectivity index (χ0v) is 12.6. The minimum Gasteiger partial charge on any atom is -0.389 e. The van der Waals surface area contributed by atoms with Gasteiger partial charge in [-0.25, -0.2) is 4.39 Å². The van der Waals surface area contributed by atoms with Crippen LogP contribution in [0.25, 0.3) is 0 Å². The molecule has 0 radical (unpaired) electrons. The molecule has 0 saturated carbocycles. The van der Waals surface area contributed by atoms with Gasteiger partial charge in [-0.05, 0) is 48.9 Å². The van der Waals surface area contributed by atoms with Crippen molar-refractivity contribution in [3.63, 3.8) is 0 Å². The first-order valence-corrected chi connectivity index (χ1v) is 6.80. The molecule has 0 heterocycles. The summed E-state index contributed by atoms with van der Waals surface area (Å²) >= 11 is 8.17. The first kappa shape index (κ1) is 14.0. The Morgan fingerprint density at radius 3 is 2.58 bits per heavy atom. The van der Waals surface area contributed by atoms with Crippen molar-refractivity contribution in [2.75, 3.05) is 5.32 Å². The first-order chi connectivity index (χ1) is 8.97. The maximum Gasteiger partial charge on any atom is 0.147 e. The zero-order valence-electron chi connectivity index (χ0n) is 10.2. The van der Waals surface area contributed by atoms with E-state index >= 15 is 0 Å². The van der Waals surface area contributed by atoms with Gasteiger partial charge in [-0.15, -0.1) is 0 Å². The Morgan fingerprint density at radius 1 is 1.26 bits per heavy atom. The number of nitrogens with two attached hydrogens (primary N) is 1. The summed E-state index contributed by atoms with van der Waals surface area (Å²) < 4.78 is 14.4. The molecule has 0 saturated heterocycles. The molecule has 0 aliphatic rings. The van der Waals surface area contributed by atoms with Gasteiger partial charge in [0.2, 0.25) is 0 Å². The van der Waals surface area contributed by atoms with E-state index in [0.29, 0.717) is 15.1 Å². The molecule has 5 heteroatoms. The van der Waals surface area contributed by atoms with Crippen LogP contribution in [0.15, 0.2) is 40.9 Å². The van der Waals surface area contributed by atoms with Crippen molar-refractivity contribution in [1.29, 1.82) is 0 Å². The molecule has 2 nitrogen and oxygen atoms in total. The summed E-state index contributed by atoms with van der Waals surface area (Å²) in [6, 6.07) is 10.4. The number of benzene rings is 2. The van der Waals surface area contributed by atoms with Gasteiger partial charge in [0.05, 0.1) is 5.69 Å². The summed E-state index contributed by atoms with van der Waals surface area (Å²) in [7, 11) is 0. The highest BCUT2D eigenvalue weighted by molar-refractivity contribution is 9.10. The van der Waals surface area contributed by atoms with Crippen LogP contribution >= 0.6 is 28.1 Å². The second-order valence-electron chi connectivity index (χ2n) is 4.14. The van der Waals surface area contributed by atoms with Crippen molar-refractivity contribution in [2.24, 2.45) is 5.73 Å². The fraction of sp³-hybridized carbons (Fsp3) is 0.0714. The summed E-state index contributed by atoms with van der Waals surface area (Å²) in [6.07, 6.45) is 0. The van der Waals surface area contributed by atoms with Crippen molar-refractivity contribution in [1.82, 2.24) is 0 Å². The van der Waals surface area contributed by atoms with E-state index in [1.807, 2.05) is 25.1 Å². The number of hydrogen-bond donors (Lipinski definition) is 2. The molecule has 3 N–H and O–H groups in total. The molecule has 0 atom stereocenters. The normalized spacial score (nSPS) is 10.3. The molecule has 2 aromatic carbocycles. The van der Waals surface area contributed by atoms with Crippen LogP contribution in [0.3, 0.4) is 0 Å². The summed E-state index contributed by atoms with van der Waals surface area (Å²) in [5, 5.41) is 3.03. The van der Waals surface area contributed by atoms with E-state index < -0.39 is 0 Å². The maximum absolute atomic E-state index is 13.7. The molecule has 0 fully saturated rings. The van der Waals surface area contributed by atoms with Gasteiger partial charge in [-0.2, -0.15) is 0 Å². The molecule has 0 aliphatic carbocycles. The van der Waals surface area contributed by atoms with Gasteiger partial charge in [-0.1, -0.05) is 28.1 Å². The standard InChI is InChI=1S/C14H12BrFN2S/c1-8-6-10(3-4-11(8)14(17)19)18-13-5-2-9(15)7-12(13)16/h2-7,18H,1H3,(H2,17,19). The fourth-order valence-corrected chi connectivity index (χ4v) is 2.33. The topological polar surface area (TPSA) is 38.0 Å². The highest BCUT2D eigenvalue weighted by atomic mass is 79.9. The quantitative estimate of drug-likeness (QED) is 0.820. The smallest absolute Gasteiger partial charge is 0.147 e. The second-order valence-corrected chi connectivity index (χ2v) is 5.50.